The second kappa shape index (κ2) is 6.76. The first kappa shape index (κ1) is 16.9. The summed E-state index contributed by atoms with van der Waals surface area (Å²) in [6.07, 6.45) is -0.0719. The number of rotatable bonds is 6. The van der Waals surface area contributed by atoms with Crippen LogP contribution in [0.15, 0.2) is 12.1 Å². The summed E-state index contributed by atoms with van der Waals surface area (Å²) < 4.78 is 15.9. The van der Waals surface area contributed by atoms with Crippen LogP contribution in [0.5, 0.6) is 17.2 Å². The first-order chi connectivity index (χ1) is 11.0. The molecular formula is C16H20NO6-. The Bertz CT molecular complexity index is 590. The summed E-state index contributed by atoms with van der Waals surface area (Å²) >= 11 is 0. The maximum atomic E-state index is 12.1. The summed E-state index contributed by atoms with van der Waals surface area (Å²) in [7, 11) is 4.45. The van der Waals surface area contributed by atoms with Gasteiger partial charge in [0, 0.05) is 24.9 Å². The predicted molar refractivity (Wildman–Crippen MR) is 79.3 cm³/mol. The molecule has 0 saturated carbocycles. The van der Waals surface area contributed by atoms with Crippen molar-refractivity contribution in [3.05, 3.63) is 17.7 Å². The normalized spacial score (nSPS) is 20.5. The molecule has 0 bridgehead atoms. The Morgan fingerprint density at radius 3 is 2.17 bits per heavy atom. The van der Waals surface area contributed by atoms with Gasteiger partial charge < -0.3 is 29.0 Å². The van der Waals surface area contributed by atoms with Crippen LogP contribution in [0.4, 0.5) is 0 Å². The Labute approximate surface area is 134 Å². The van der Waals surface area contributed by atoms with E-state index in [1.54, 1.807) is 19.1 Å². The molecule has 126 valence electrons. The Balaban J connectivity index is 2.57. The van der Waals surface area contributed by atoms with Crippen LogP contribution in [0.3, 0.4) is 0 Å². The van der Waals surface area contributed by atoms with Crippen LogP contribution in [0, 0.1) is 5.92 Å². The van der Waals surface area contributed by atoms with Crippen LogP contribution < -0.4 is 19.3 Å². The van der Waals surface area contributed by atoms with E-state index in [9.17, 15) is 14.7 Å². The summed E-state index contributed by atoms with van der Waals surface area (Å²) in [4.78, 5) is 25.1. The van der Waals surface area contributed by atoms with Crippen LogP contribution in [-0.2, 0) is 9.59 Å². The molecule has 2 atom stereocenters. The highest BCUT2D eigenvalue weighted by Crippen LogP contribution is 2.44. The van der Waals surface area contributed by atoms with Gasteiger partial charge in [-0.05, 0) is 24.6 Å². The summed E-state index contributed by atoms with van der Waals surface area (Å²) in [5, 5.41) is 11.4. The Kier molecular flexibility index (Phi) is 4.98. The molecule has 1 aromatic carbocycles. The van der Waals surface area contributed by atoms with E-state index in [2.05, 4.69) is 0 Å². The Hall–Kier alpha value is -2.44. The fraction of sp³-hybridized carbons (Fsp3) is 0.500. The average Bonchev–Trinajstić information content (AvgIpc) is 2.89. The third kappa shape index (κ3) is 2.91. The van der Waals surface area contributed by atoms with Crippen LogP contribution >= 0.6 is 0 Å². The van der Waals surface area contributed by atoms with Gasteiger partial charge in [0.25, 0.3) is 0 Å². The molecule has 0 spiro atoms. The molecule has 0 aromatic heterocycles. The first-order valence-corrected chi connectivity index (χ1v) is 7.28. The van der Waals surface area contributed by atoms with E-state index in [0.717, 1.165) is 0 Å². The number of hydrogen-bond acceptors (Lipinski definition) is 6. The van der Waals surface area contributed by atoms with Crippen LogP contribution in [0.25, 0.3) is 0 Å². The van der Waals surface area contributed by atoms with E-state index in [4.69, 9.17) is 14.2 Å². The Morgan fingerprint density at radius 2 is 1.78 bits per heavy atom. The SMILES string of the molecule is CCN1C(=O)C[C@H](C(=O)[O-])[C@@H]1c1cc(OC)c(OC)c(OC)c1. The number of carboxylic acid groups (broad SMARTS) is 1. The van der Waals surface area contributed by atoms with Gasteiger partial charge >= 0.3 is 0 Å². The zero-order chi connectivity index (χ0) is 17.1. The predicted octanol–water partition coefficient (Wildman–Crippen LogP) is 0.372. The number of amides is 1. The number of carbonyl (C=O) groups is 2. The fourth-order valence-electron chi connectivity index (χ4n) is 3.06. The van der Waals surface area contributed by atoms with Crippen molar-refractivity contribution in [1.82, 2.24) is 4.90 Å². The van der Waals surface area contributed by atoms with Crippen molar-refractivity contribution in [1.29, 1.82) is 0 Å². The molecule has 1 saturated heterocycles. The van der Waals surface area contributed by atoms with Crippen molar-refractivity contribution in [2.75, 3.05) is 27.9 Å². The molecule has 7 nitrogen and oxygen atoms in total. The Morgan fingerprint density at radius 1 is 1.22 bits per heavy atom. The monoisotopic (exact) mass is 322 g/mol. The molecule has 1 aliphatic rings. The van der Waals surface area contributed by atoms with E-state index in [1.165, 1.54) is 26.2 Å². The minimum Gasteiger partial charge on any atom is -0.550 e. The van der Waals surface area contributed by atoms with Gasteiger partial charge in [0.05, 0.1) is 27.4 Å². The molecule has 1 aromatic rings. The lowest BCUT2D eigenvalue weighted by atomic mass is 9.93. The zero-order valence-corrected chi connectivity index (χ0v) is 13.6. The minimum atomic E-state index is -1.24. The van der Waals surface area contributed by atoms with E-state index < -0.39 is 17.9 Å². The molecule has 2 rings (SSSR count). The number of carbonyl (C=O) groups excluding carboxylic acids is 2. The molecule has 1 aliphatic heterocycles. The van der Waals surface area contributed by atoms with Gasteiger partial charge in [-0.2, -0.15) is 0 Å². The average molecular weight is 322 g/mol. The maximum Gasteiger partial charge on any atom is 0.223 e. The van der Waals surface area contributed by atoms with Crippen LogP contribution in [0.2, 0.25) is 0 Å². The molecule has 7 heteroatoms. The van der Waals surface area contributed by atoms with Gasteiger partial charge in [0.15, 0.2) is 11.5 Å². The number of likely N-dealkylation sites (tertiary alicyclic amines) is 1. The van der Waals surface area contributed by atoms with Gasteiger partial charge in [-0.1, -0.05) is 0 Å². The van der Waals surface area contributed by atoms with Crippen molar-refractivity contribution >= 4 is 11.9 Å². The van der Waals surface area contributed by atoms with Gasteiger partial charge in [-0.3, -0.25) is 4.79 Å². The van der Waals surface area contributed by atoms with Gasteiger partial charge in [-0.15, -0.1) is 0 Å². The number of hydrogen-bond donors (Lipinski definition) is 0. The van der Waals surface area contributed by atoms with Crippen molar-refractivity contribution in [3.63, 3.8) is 0 Å². The second-order valence-corrected chi connectivity index (χ2v) is 5.21. The number of methoxy groups -OCH3 is 3. The smallest absolute Gasteiger partial charge is 0.223 e. The van der Waals surface area contributed by atoms with Gasteiger partial charge in [-0.25, -0.2) is 0 Å². The highest BCUT2D eigenvalue weighted by atomic mass is 16.5. The highest BCUT2D eigenvalue weighted by Gasteiger charge is 2.41. The molecular weight excluding hydrogens is 302 g/mol. The summed E-state index contributed by atoms with van der Waals surface area (Å²) in [6, 6.07) is 2.72. The summed E-state index contributed by atoms with van der Waals surface area (Å²) in [5.41, 5.74) is 0.612. The third-order valence-electron chi connectivity index (χ3n) is 4.10. The third-order valence-corrected chi connectivity index (χ3v) is 4.10. The van der Waals surface area contributed by atoms with Crippen LogP contribution in [-0.4, -0.2) is 44.7 Å². The minimum absolute atomic E-state index is 0.0719. The standard InChI is InChI=1S/C16H21NO6/c1-5-17-13(18)8-10(16(19)20)14(17)9-6-11(21-2)15(23-4)12(7-9)22-3/h6-7,10,14H,5,8H2,1-4H3,(H,19,20)/p-1/t10-,14-/m0/s1. The lowest BCUT2D eigenvalue weighted by Gasteiger charge is -2.29. The number of benzene rings is 1. The summed E-state index contributed by atoms with van der Waals surface area (Å²) in [6.45, 7) is 2.21. The molecule has 1 amide bonds. The van der Waals surface area contributed by atoms with Crippen molar-refractivity contribution in [2.45, 2.75) is 19.4 Å². The quantitative estimate of drug-likeness (QED) is 0.752. The zero-order valence-electron chi connectivity index (χ0n) is 13.6. The maximum absolute atomic E-state index is 12.1. The number of aliphatic carboxylic acids is 1. The number of ether oxygens (including phenoxy) is 3. The van der Waals surface area contributed by atoms with Crippen LogP contribution in [0.1, 0.15) is 24.9 Å². The van der Waals surface area contributed by atoms with E-state index in [0.29, 0.717) is 29.4 Å². The number of nitrogens with zero attached hydrogens (tertiary/aromatic N) is 1. The van der Waals surface area contributed by atoms with Crippen molar-refractivity contribution in [3.8, 4) is 17.2 Å². The van der Waals surface area contributed by atoms with Gasteiger partial charge in [0.2, 0.25) is 11.7 Å². The highest BCUT2D eigenvalue weighted by molar-refractivity contribution is 5.86. The van der Waals surface area contributed by atoms with E-state index >= 15 is 0 Å². The number of carboxylic acids is 1. The van der Waals surface area contributed by atoms with E-state index in [-0.39, 0.29) is 12.3 Å². The van der Waals surface area contributed by atoms with Gasteiger partial charge in [0.1, 0.15) is 0 Å². The molecule has 1 heterocycles. The van der Waals surface area contributed by atoms with E-state index in [1.807, 2.05) is 0 Å². The fourth-order valence-corrected chi connectivity index (χ4v) is 3.06. The lowest BCUT2D eigenvalue weighted by molar-refractivity contribution is -0.312. The second-order valence-electron chi connectivity index (χ2n) is 5.21. The molecule has 0 aliphatic carbocycles. The largest absolute Gasteiger partial charge is 0.550 e. The van der Waals surface area contributed by atoms with Crippen molar-refractivity contribution in [2.24, 2.45) is 5.92 Å². The van der Waals surface area contributed by atoms with Crippen molar-refractivity contribution < 1.29 is 28.9 Å². The summed E-state index contributed by atoms with van der Waals surface area (Å²) in [5.74, 6) is -1.13. The lowest BCUT2D eigenvalue weighted by Crippen LogP contribution is -2.36. The topological polar surface area (TPSA) is 88.1 Å². The molecule has 0 radical (unpaired) electrons. The molecule has 0 N–H and O–H groups in total. The molecule has 0 unspecified atom stereocenters. The first-order valence-electron chi connectivity index (χ1n) is 7.28. The molecule has 1 fully saturated rings. The molecule has 23 heavy (non-hydrogen) atoms.